The van der Waals surface area contributed by atoms with Gasteiger partial charge in [0.15, 0.2) is 20.8 Å². The topological polar surface area (TPSA) is 201 Å². The largest absolute Gasteiger partial charge is 0.408 e. The summed E-state index contributed by atoms with van der Waals surface area (Å²) in [5.74, 6) is 0. The van der Waals surface area contributed by atoms with Gasteiger partial charge in [0.25, 0.3) is 11.1 Å². The van der Waals surface area contributed by atoms with Crippen LogP contribution in [-0.4, -0.2) is 95.7 Å². The van der Waals surface area contributed by atoms with E-state index in [9.17, 15) is 24.3 Å². The zero-order valence-corrected chi connectivity index (χ0v) is 43.6. The molecule has 71 heavy (non-hydrogen) atoms. The number of rotatable bonds is 23. The van der Waals surface area contributed by atoms with Crippen LogP contribution in [0, 0.1) is 0 Å². The van der Waals surface area contributed by atoms with E-state index in [1.165, 1.54) is 47.9 Å². The van der Waals surface area contributed by atoms with Crippen molar-refractivity contribution in [2.75, 3.05) is 27.4 Å². The quantitative estimate of drug-likeness (QED) is 0.0641. The highest BCUT2D eigenvalue weighted by Crippen LogP contribution is 2.55. The normalized spacial score (nSPS) is 23.5. The van der Waals surface area contributed by atoms with Gasteiger partial charge < -0.3 is 47.0 Å². The molecule has 19 nitrogen and oxygen atoms in total. The Bertz CT molecular complexity index is 2810. The third-order valence-corrected chi connectivity index (χ3v) is 19.6. The van der Waals surface area contributed by atoms with Crippen molar-refractivity contribution in [2.45, 2.75) is 121 Å². The summed E-state index contributed by atoms with van der Waals surface area (Å²) in [5, 5.41) is 10.5. The van der Waals surface area contributed by atoms with Gasteiger partial charge in [0.05, 0.1) is 33.0 Å². The van der Waals surface area contributed by atoms with E-state index in [2.05, 4.69) is 33.9 Å². The molecule has 22 heteroatoms. The van der Waals surface area contributed by atoms with Crippen molar-refractivity contribution < 1.29 is 51.5 Å². The summed E-state index contributed by atoms with van der Waals surface area (Å²) in [6, 6.07) is 30.3. The number of methoxy groups -OCH3 is 2. The zero-order valence-electron chi connectivity index (χ0n) is 40.8. The first-order chi connectivity index (χ1) is 34.0. The molecule has 0 aliphatic carbocycles. The van der Waals surface area contributed by atoms with E-state index < -0.39 is 93.2 Å². The molecule has 1 unspecified atom stereocenters. The molecular weight excluding hydrogens is 976 g/mol. The molecule has 2 fully saturated rings. The van der Waals surface area contributed by atoms with Gasteiger partial charge in [-0.1, -0.05) is 112 Å². The van der Waals surface area contributed by atoms with Gasteiger partial charge in [-0.3, -0.25) is 23.2 Å². The number of hydrogen-bond acceptors (Lipinski definition) is 16. The predicted octanol–water partition coefficient (Wildman–Crippen LogP) is 5.43. The fourth-order valence-electron chi connectivity index (χ4n) is 7.92. The summed E-state index contributed by atoms with van der Waals surface area (Å²) >= 11 is 6.19. The average Bonchev–Trinajstić information content (AvgIpc) is 3.88. The van der Waals surface area contributed by atoms with Crippen molar-refractivity contribution >= 4 is 26.8 Å². The van der Waals surface area contributed by atoms with Crippen LogP contribution in [0.25, 0.3) is 0 Å². The Morgan fingerprint density at radius 3 is 1.49 bits per heavy atom. The van der Waals surface area contributed by atoms with Gasteiger partial charge in [-0.15, -0.1) is 0 Å². The molecule has 0 bridgehead atoms. The Labute approximate surface area is 417 Å². The number of aliphatic hydroxyl groups is 1. The summed E-state index contributed by atoms with van der Waals surface area (Å²) in [6.45, 7) is 5.14. The van der Waals surface area contributed by atoms with Gasteiger partial charge in [0, 0.05) is 38.7 Å². The van der Waals surface area contributed by atoms with E-state index in [4.69, 9.17) is 58.2 Å². The van der Waals surface area contributed by atoms with Crippen molar-refractivity contribution in [2.24, 2.45) is 0 Å². The predicted molar refractivity (Wildman–Crippen MR) is 267 cm³/mol. The third kappa shape index (κ3) is 13.0. The number of nitrogens with zero attached hydrogens (tertiary/aromatic N) is 4. The van der Waals surface area contributed by atoms with Crippen LogP contribution in [0.1, 0.15) is 49.9 Å². The molecule has 384 valence electrons. The SMILES string of the molecule is CO[C@@H]1[C@H](O[Si](C)(C)C(C)(C)C)[C@@H](COP(=S)(OCc2ccccc2)O[C@H]2[C@@H](OC)[C@H](n3ccc(=O)n(COCc4ccccc4)c3=O)O[C@@H]2CO)O[C@H]1n1ccc(=O)n(COCc2ccccc2)c1=O. The maximum atomic E-state index is 14.2. The molecule has 2 aromatic heterocycles. The second-order valence-electron chi connectivity index (χ2n) is 18.6. The van der Waals surface area contributed by atoms with Crippen molar-refractivity contribution in [3.63, 3.8) is 0 Å². The van der Waals surface area contributed by atoms with Gasteiger partial charge in [-0.05, 0) is 46.6 Å². The lowest BCUT2D eigenvalue weighted by Gasteiger charge is -2.40. The van der Waals surface area contributed by atoms with Gasteiger partial charge in [-0.2, -0.15) is 0 Å². The van der Waals surface area contributed by atoms with E-state index in [1.807, 2.05) is 91.0 Å². The number of benzene rings is 3. The highest BCUT2D eigenvalue weighted by atomic mass is 32.5. The fourth-order valence-corrected chi connectivity index (χ4v) is 11.3. The van der Waals surface area contributed by atoms with Crippen molar-refractivity contribution in [1.82, 2.24) is 18.3 Å². The van der Waals surface area contributed by atoms with E-state index >= 15 is 0 Å². The van der Waals surface area contributed by atoms with Crippen LogP contribution in [0.15, 0.2) is 135 Å². The lowest BCUT2D eigenvalue weighted by Crippen LogP contribution is -2.50. The minimum Gasteiger partial charge on any atom is -0.408 e. The van der Waals surface area contributed by atoms with Crippen LogP contribution >= 0.6 is 6.72 Å². The molecule has 9 atom stereocenters. The molecule has 1 N–H and O–H groups in total. The van der Waals surface area contributed by atoms with Crippen molar-refractivity contribution in [1.29, 1.82) is 0 Å². The molecule has 0 amide bonds. The van der Waals surface area contributed by atoms with Gasteiger partial charge in [0.2, 0.25) is 0 Å². The van der Waals surface area contributed by atoms with Crippen LogP contribution in [-0.2, 0) is 91.5 Å². The first-order valence-electron chi connectivity index (χ1n) is 23.1. The van der Waals surface area contributed by atoms with Gasteiger partial charge in [0.1, 0.15) is 50.1 Å². The monoisotopic (exact) mass is 1040 g/mol. The average molecular weight is 1040 g/mol. The summed E-state index contributed by atoms with van der Waals surface area (Å²) in [6.07, 6.45) is -5.84. The minimum absolute atomic E-state index is 0.0496. The maximum Gasteiger partial charge on any atom is 0.335 e. The van der Waals surface area contributed by atoms with Crippen LogP contribution in [0.2, 0.25) is 18.1 Å². The van der Waals surface area contributed by atoms with Crippen LogP contribution in [0.4, 0.5) is 0 Å². The zero-order chi connectivity index (χ0) is 50.9. The maximum absolute atomic E-state index is 14.2. The summed E-state index contributed by atoms with van der Waals surface area (Å²) in [5.41, 5.74) is -0.155. The summed E-state index contributed by atoms with van der Waals surface area (Å²) in [7, 11) is 0.244. The first kappa shape index (κ1) is 54.2. The number of aromatic nitrogens is 4. The van der Waals surface area contributed by atoms with Crippen LogP contribution in [0.5, 0.6) is 0 Å². The van der Waals surface area contributed by atoms with Gasteiger partial charge in [-0.25, -0.2) is 18.7 Å². The smallest absolute Gasteiger partial charge is 0.335 e. The number of hydrogen-bond donors (Lipinski definition) is 1. The summed E-state index contributed by atoms with van der Waals surface area (Å²) in [4.78, 5) is 54.3. The lowest BCUT2D eigenvalue weighted by molar-refractivity contribution is -0.0660. The Hall–Kier alpha value is -4.55. The Kier molecular flexibility index (Phi) is 18.3. The number of aliphatic hydroxyl groups excluding tert-OH is 1. The highest BCUT2D eigenvalue weighted by molar-refractivity contribution is 8.07. The van der Waals surface area contributed by atoms with Crippen LogP contribution < -0.4 is 22.5 Å². The molecule has 7 rings (SSSR count). The van der Waals surface area contributed by atoms with Crippen LogP contribution in [0.3, 0.4) is 0 Å². The minimum atomic E-state index is -3.97. The number of ether oxygens (including phenoxy) is 6. The second kappa shape index (κ2) is 24.0. The van der Waals surface area contributed by atoms with E-state index in [1.54, 1.807) is 0 Å². The molecule has 0 spiro atoms. The Balaban J connectivity index is 1.17. The molecular formula is C49H63N4O15PSSi. The molecule has 4 heterocycles. The standard InChI is InChI=1S/C49H63N4O15PSSi/c1-49(2,3)71(6,7)68-42-38(66-46(44(42)60-5)51-26-24-40(56)53(48(51)58)33-62-29-35-19-13-9-14-20-35)31-64-69(70,63-30-36-21-15-10-16-22-36)67-41-37(27-54)65-45(43(41)59-4)50-25-23-39(55)52(47(50)57)32-61-28-34-17-11-8-12-18-34/h8-26,37-38,41-46,54H,27-33H2,1-7H3/t37-,38-,41-,42-,43-,44-,45-,46-,69?/m1/s1. The molecule has 5 aromatic rings. The molecule has 2 aliphatic heterocycles. The van der Waals surface area contributed by atoms with Crippen molar-refractivity contribution in [3.05, 3.63) is 174 Å². The fraction of sp³-hybridized carbons (Fsp3) is 0.469. The second-order valence-corrected chi connectivity index (χ2v) is 26.3. The molecule has 0 radical (unpaired) electrons. The lowest BCUT2D eigenvalue weighted by atomic mass is 10.1. The highest BCUT2D eigenvalue weighted by Gasteiger charge is 2.53. The third-order valence-electron chi connectivity index (χ3n) is 12.8. The van der Waals surface area contributed by atoms with E-state index in [0.29, 0.717) is 0 Å². The first-order valence-corrected chi connectivity index (χ1v) is 28.6. The summed E-state index contributed by atoms with van der Waals surface area (Å²) < 4.78 is 67.6. The Morgan fingerprint density at radius 1 is 0.620 bits per heavy atom. The molecule has 3 aromatic carbocycles. The van der Waals surface area contributed by atoms with Crippen molar-refractivity contribution in [3.8, 4) is 0 Å². The Morgan fingerprint density at radius 2 is 1.06 bits per heavy atom. The molecule has 2 aliphatic rings. The van der Waals surface area contributed by atoms with Gasteiger partial charge >= 0.3 is 18.1 Å². The van der Waals surface area contributed by atoms with E-state index in [0.717, 1.165) is 25.8 Å². The van der Waals surface area contributed by atoms with E-state index in [-0.39, 0.29) is 44.9 Å². The molecule has 2 saturated heterocycles. The molecule has 0 saturated carbocycles.